The lowest BCUT2D eigenvalue weighted by Gasteiger charge is -2.39. The summed E-state index contributed by atoms with van der Waals surface area (Å²) in [5.74, 6) is 2.57. The van der Waals surface area contributed by atoms with Crippen LogP contribution in [0.25, 0.3) is 16.7 Å². The van der Waals surface area contributed by atoms with Crippen molar-refractivity contribution >= 4 is 30.2 Å². The smallest absolute Gasteiger partial charge is 0.159 e. The first-order valence-electron chi connectivity index (χ1n) is 13.3. The number of aromatic nitrogens is 4. The summed E-state index contributed by atoms with van der Waals surface area (Å²) in [5, 5.41) is 17.0. The van der Waals surface area contributed by atoms with Crippen LogP contribution in [0, 0.1) is 13.8 Å². The lowest BCUT2D eigenvalue weighted by atomic mass is 9.84. The van der Waals surface area contributed by atoms with Crippen LogP contribution in [0.2, 0.25) is 0 Å². The van der Waals surface area contributed by atoms with E-state index in [2.05, 4.69) is 34.9 Å². The molecule has 4 aliphatic rings. The maximum absolute atomic E-state index is 11.2. The molecule has 206 valence electrons. The van der Waals surface area contributed by atoms with Gasteiger partial charge < -0.3 is 19.5 Å². The second kappa shape index (κ2) is 10.7. The van der Waals surface area contributed by atoms with Crippen molar-refractivity contribution in [2.75, 3.05) is 44.4 Å². The average Bonchev–Trinajstić information content (AvgIpc) is 3.68. The zero-order chi connectivity index (χ0) is 24.4. The molecule has 5 atom stereocenters. The molecule has 0 aliphatic carbocycles. The maximum Gasteiger partial charge on any atom is 0.159 e. The molecule has 7 rings (SSSR count). The second-order valence-electron chi connectivity index (χ2n) is 10.9. The Balaban J connectivity index is 0.00000147. The van der Waals surface area contributed by atoms with Gasteiger partial charge in [-0.2, -0.15) is 18.6 Å². The van der Waals surface area contributed by atoms with Crippen LogP contribution >= 0.6 is 13.5 Å². The van der Waals surface area contributed by atoms with Gasteiger partial charge in [0.25, 0.3) is 0 Å². The van der Waals surface area contributed by atoms with Crippen LogP contribution in [0.15, 0.2) is 24.4 Å². The van der Waals surface area contributed by atoms with Crippen molar-refractivity contribution in [2.24, 2.45) is 0 Å². The number of ether oxygens (including phenoxy) is 2. The van der Waals surface area contributed by atoms with E-state index in [0.29, 0.717) is 24.7 Å². The highest BCUT2D eigenvalue weighted by molar-refractivity contribution is 7.59. The van der Waals surface area contributed by atoms with Crippen molar-refractivity contribution < 1.29 is 14.6 Å². The highest BCUT2D eigenvalue weighted by atomic mass is 32.1. The average molecular weight is 541 g/mol. The van der Waals surface area contributed by atoms with Crippen LogP contribution in [-0.2, 0) is 9.47 Å². The quantitative estimate of drug-likeness (QED) is 0.540. The Bertz CT molecular complexity index is 1300. The van der Waals surface area contributed by atoms with Crippen molar-refractivity contribution in [3.8, 4) is 5.82 Å². The Morgan fingerprint density at radius 3 is 2.55 bits per heavy atom. The fraction of sp³-hybridized carbons (Fsp3) is 0.607. The predicted octanol–water partition coefficient (Wildman–Crippen LogP) is 3.10. The molecule has 4 unspecified atom stereocenters. The Labute approximate surface area is 231 Å². The van der Waals surface area contributed by atoms with E-state index in [1.807, 2.05) is 17.8 Å². The Kier molecular flexibility index (Phi) is 7.72. The van der Waals surface area contributed by atoms with Gasteiger partial charge in [0.2, 0.25) is 0 Å². The van der Waals surface area contributed by atoms with Gasteiger partial charge in [0.1, 0.15) is 11.6 Å². The third kappa shape index (κ3) is 4.70. The first-order chi connectivity index (χ1) is 17.5. The minimum absolute atomic E-state index is 0. The zero-order valence-electron chi connectivity index (χ0n) is 21.5. The molecule has 3 aromatic rings. The third-order valence-electron chi connectivity index (χ3n) is 8.61. The van der Waals surface area contributed by atoms with Gasteiger partial charge in [0.15, 0.2) is 5.82 Å². The molecule has 0 amide bonds. The summed E-state index contributed by atoms with van der Waals surface area (Å²) in [6.07, 6.45) is 4.90. The number of piperidine rings is 1. The molecule has 0 saturated carbocycles. The second-order valence-corrected chi connectivity index (χ2v) is 10.9. The summed E-state index contributed by atoms with van der Waals surface area (Å²) in [6.45, 7) is 9.05. The highest BCUT2D eigenvalue weighted by Gasteiger charge is 2.40. The lowest BCUT2D eigenvalue weighted by Crippen LogP contribution is -2.48. The lowest BCUT2D eigenvalue weighted by molar-refractivity contribution is 0.0264. The Hall–Kier alpha value is -2.24. The van der Waals surface area contributed by atoms with Gasteiger partial charge in [-0.3, -0.25) is 4.90 Å². The third-order valence-corrected chi connectivity index (χ3v) is 8.61. The van der Waals surface area contributed by atoms with Crippen molar-refractivity contribution in [3.05, 3.63) is 41.3 Å². The molecule has 10 heteroatoms. The number of anilines is 1. The number of morpholine rings is 1. The molecule has 1 N–H and O–H groups in total. The fourth-order valence-corrected chi connectivity index (χ4v) is 6.72. The van der Waals surface area contributed by atoms with E-state index >= 15 is 0 Å². The maximum atomic E-state index is 11.2. The van der Waals surface area contributed by atoms with E-state index in [1.165, 1.54) is 11.1 Å². The topological polar surface area (TPSA) is 88.8 Å². The zero-order valence-corrected chi connectivity index (χ0v) is 22.5. The monoisotopic (exact) mass is 540 g/mol. The number of hydrogen-bond acceptors (Lipinski definition) is 8. The highest BCUT2D eigenvalue weighted by Crippen LogP contribution is 2.36. The predicted molar refractivity (Wildman–Crippen MR) is 153 cm³/mol. The molecule has 1 aromatic carbocycles. The summed E-state index contributed by atoms with van der Waals surface area (Å²) in [4.78, 5) is 14.3. The van der Waals surface area contributed by atoms with Gasteiger partial charge in [0, 0.05) is 43.1 Å². The number of nitrogens with zero attached hydrogens (tertiary/aromatic N) is 6. The summed E-state index contributed by atoms with van der Waals surface area (Å²) in [6, 6.07) is 7.31. The molecule has 4 saturated heterocycles. The number of aliphatic hydroxyl groups excluding tert-OH is 1. The van der Waals surface area contributed by atoms with Gasteiger partial charge in [-0.05, 0) is 62.9 Å². The molecule has 38 heavy (non-hydrogen) atoms. The van der Waals surface area contributed by atoms with Crippen molar-refractivity contribution in [2.45, 2.75) is 70.7 Å². The van der Waals surface area contributed by atoms with Crippen LogP contribution in [-0.4, -0.2) is 93.5 Å². The van der Waals surface area contributed by atoms with Crippen LogP contribution in [0.5, 0.6) is 0 Å². The number of aryl methyl sites for hydroxylation is 2. The molecule has 4 fully saturated rings. The summed E-state index contributed by atoms with van der Waals surface area (Å²) in [5.41, 5.74) is 3.43. The van der Waals surface area contributed by atoms with Crippen molar-refractivity contribution in [3.63, 3.8) is 0 Å². The van der Waals surface area contributed by atoms with Gasteiger partial charge in [-0.1, -0.05) is 7.43 Å². The minimum atomic E-state index is -0.396. The van der Waals surface area contributed by atoms with Gasteiger partial charge in [-0.15, -0.1) is 0 Å². The number of β-amino-alcohol motifs (C(OH)–C–C–N with tert-alkyl or cyclic N) is 1. The van der Waals surface area contributed by atoms with E-state index in [1.54, 1.807) is 0 Å². The van der Waals surface area contributed by atoms with Crippen LogP contribution < -0.4 is 4.90 Å². The molecule has 4 aliphatic heterocycles. The molecular weight excluding hydrogens is 500 g/mol. The first kappa shape index (κ1) is 27.3. The van der Waals surface area contributed by atoms with Crippen LogP contribution in [0.1, 0.15) is 49.6 Å². The summed E-state index contributed by atoms with van der Waals surface area (Å²) < 4.78 is 13.3. The molecular formula is C28H40N6O3S. The number of hydrogen-bond donors (Lipinski definition) is 1. The molecule has 2 aromatic heterocycles. The summed E-state index contributed by atoms with van der Waals surface area (Å²) >= 11 is 0. The molecule has 6 heterocycles. The number of likely N-dealkylation sites (tertiary alicyclic amines) is 1. The Morgan fingerprint density at radius 2 is 1.84 bits per heavy atom. The Morgan fingerprint density at radius 1 is 1.00 bits per heavy atom. The molecule has 2 bridgehead atoms. The largest absolute Gasteiger partial charge is 0.391 e. The normalized spacial score (nSPS) is 29.0. The van der Waals surface area contributed by atoms with E-state index in [-0.39, 0.29) is 26.8 Å². The number of rotatable bonds is 4. The van der Waals surface area contributed by atoms with Crippen molar-refractivity contribution in [1.82, 2.24) is 24.6 Å². The van der Waals surface area contributed by atoms with E-state index < -0.39 is 6.10 Å². The van der Waals surface area contributed by atoms with Gasteiger partial charge >= 0.3 is 0 Å². The minimum Gasteiger partial charge on any atom is -0.391 e. The molecule has 0 radical (unpaired) electrons. The fourth-order valence-electron chi connectivity index (χ4n) is 6.72. The van der Waals surface area contributed by atoms with Gasteiger partial charge in [-0.25, -0.2) is 14.6 Å². The van der Waals surface area contributed by atoms with E-state index in [0.717, 1.165) is 80.5 Å². The van der Waals surface area contributed by atoms with Crippen LogP contribution in [0.3, 0.4) is 0 Å². The standard InChI is InChI=1S/C27H34N6O3.CH4.H2S/c1-16-7-18-11-28-33(27-10-26(29-17(2)30-27)32-12-21-8-20(32)15-36-21)24(18)9-23(16)22-3-5-31(13-25(22)34)19-4-6-35-14-19;;/h7,9-11,19-22,25,34H,3-6,8,12-15H2,1-2H3;1H4;1H2/t19-,20?,21?,22?,25?;;/m0../s1. The number of aliphatic hydroxyl groups is 1. The van der Waals surface area contributed by atoms with Crippen LogP contribution in [0.4, 0.5) is 5.82 Å². The SMILES string of the molecule is C.Cc1nc(N2CC3CC2CO3)cc(-n2ncc3cc(C)c(C4CCN([C@H]5CCOC5)CC4O)cc32)n1.S. The van der Waals surface area contributed by atoms with Crippen molar-refractivity contribution in [1.29, 1.82) is 0 Å². The van der Waals surface area contributed by atoms with E-state index in [9.17, 15) is 5.11 Å². The first-order valence-corrected chi connectivity index (χ1v) is 13.3. The number of fused-ring (bicyclic) bond motifs is 3. The summed E-state index contributed by atoms with van der Waals surface area (Å²) in [7, 11) is 0. The number of benzene rings is 1. The molecule has 9 nitrogen and oxygen atoms in total. The van der Waals surface area contributed by atoms with Gasteiger partial charge in [0.05, 0.1) is 43.2 Å². The van der Waals surface area contributed by atoms with E-state index in [4.69, 9.17) is 24.5 Å². The molecule has 0 spiro atoms.